The second-order valence-electron chi connectivity index (χ2n) is 8.90. The third kappa shape index (κ3) is 5.34. The van der Waals surface area contributed by atoms with E-state index in [1.807, 2.05) is 30.5 Å². The van der Waals surface area contributed by atoms with Gasteiger partial charge in [0.2, 0.25) is 11.8 Å². The summed E-state index contributed by atoms with van der Waals surface area (Å²) in [7, 11) is 0. The average Bonchev–Trinajstić information content (AvgIpc) is 2.78. The first-order valence-corrected chi connectivity index (χ1v) is 12.6. The number of rotatable bonds is 5. The number of amides is 4. The molecule has 0 aromatic heterocycles. The molecule has 2 heterocycles. The molecule has 4 rings (SSSR count). The van der Waals surface area contributed by atoms with E-state index in [-0.39, 0.29) is 29.9 Å². The maximum Gasteiger partial charge on any atom is 0.319 e. The minimum absolute atomic E-state index is 0.0481. The lowest BCUT2D eigenvalue weighted by Gasteiger charge is -2.44. The van der Waals surface area contributed by atoms with Crippen LogP contribution in [0.5, 0.6) is 0 Å². The highest BCUT2D eigenvalue weighted by molar-refractivity contribution is 7.98. The Balaban J connectivity index is 1.31. The first-order valence-electron chi connectivity index (χ1n) is 11.4. The molecule has 8 heteroatoms. The van der Waals surface area contributed by atoms with Gasteiger partial charge in [0.25, 0.3) is 0 Å². The molecule has 168 valence electrons. The van der Waals surface area contributed by atoms with E-state index in [2.05, 4.69) is 16.0 Å². The molecule has 31 heavy (non-hydrogen) atoms. The second kappa shape index (κ2) is 9.94. The van der Waals surface area contributed by atoms with Crippen LogP contribution in [0.2, 0.25) is 0 Å². The third-order valence-corrected chi connectivity index (χ3v) is 7.48. The highest BCUT2D eigenvalue weighted by Gasteiger charge is 2.44. The molecule has 0 spiro atoms. The van der Waals surface area contributed by atoms with Crippen molar-refractivity contribution in [3.8, 4) is 0 Å². The van der Waals surface area contributed by atoms with Gasteiger partial charge in [-0.3, -0.25) is 9.59 Å². The summed E-state index contributed by atoms with van der Waals surface area (Å²) in [6, 6.07) is 6.37. The SMILES string of the molecule is CSc1cccc(NC(=O)NC2CCN3C(=O)C(CC4CCCCC4)NC(=O)C3C2)c1. The highest BCUT2D eigenvalue weighted by atomic mass is 32.2. The number of carbonyl (C=O) groups excluding carboxylic acids is 3. The molecule has 0 radical (unpaired) electrons. The van der Waals surface area contributed by atoms with Gasteiger partial charge in [-0.05, 0) is 49.6 Å². The van der Waals surface area contributed by atoms with Crippen molar-refractivity contribution in [2.45, 2.75) is 74.4 Å². The molecule has 7 nitrogen and oxygen atoms in total. The van der Waals surface area contributed by atoms with E-state index in [0.29, 0.717) is 25.3 Å². The number of urea groups is 1. The number of carbonyl (C=O) groups is 3. The molecule has 1 saturated carbocycles. The number of nitrogens with zero attached hydrogens (tertiary/aromatic N) is 1. The van der Waals surface area contributed by atoms with Gasteiger partial charge in [-0.15, -0.1) is 11.8 Å². The fourth-order valence-corrected chi connectivity index (χ4v) is 5.57. The Kier molecular flexibility index (Phi) is 7.05. The van der Waals surface area contributed by atoms with Crippen molar-refractivity contribution in [2.75, 3.05) is 18.1 Å². The number of hydrogen-bond acceptors (Lipinski definition) is 4. The molecule has 0 bridgehead atoms. The highest BCUT2D eigenvalue weighted by Crippen LogP contribution is 2.30. The Morgan fingerprint density at radius 1 is 1.19 bits per heavy atom. The van der Waals surface area contributed by atoms with Crippen LogP contribution in [0.25, 0.3) is 0 Å². The van der Waals surface area contributed by atoms with Crippen molar-refractivity contribution < 1.29 is 14.4 Å². The number of piperidine rings is 1. The van der Waals surface area contributed by atoms with Crippen LogP contribution in [-0.2, 0) is 9.59 Å². The Hall–Kier alpha value is -2.22. The van der Waals surface area contributed by atoms with Crippen LogP contribution in [0.15, 0.2) is 29.2 Å². The van der Waals surface area contributed by atoms with Crippen LogP contribution < -0.4 is 16.0 Å². The fraction of sp³-hybridized carbons (Fsp3) is 0.609. The molecule has 3 aliphatic rings. The largest absolute Gasteiger partial charge is 0.342 e. The van der Waals surface area contributed by atoms with E-state index in [1.165, 1.54) is 19.3 Å². The van der Waals surface area contributed by atoms with Crippen molar-refractivity contribution in [1.29, 1.82) is 0 Å². The van der Waals surface area contributed by atoms with Crippen LogP contribution >= 0.6 is 11.8 Å². The van der Waals surface area contributed by atoms with Gasteiger partial charge in [-0.1, -0.05) is 38.2 Å². The lowest BCUT2D eigenvalue weighted by Crippen LogP contribution is -2.67. The van der Waals surface area contributed by atoms with E-state index < -0.39 is 6.04 Å². The Morgan fingerprint density at radius 3 is 2.77 bits per heavy atom. The van der Waals surface area contributed by atoms with Gasteiger partial charge < -0.3 is 20.9 Å². The monoisotopic (exact) mass is 444 g/mol. The minimum Gasteiger partial charge on any atom is -0.342 e. The number of piperazine rings is 1. The van der Waals surface area contributed by atoms with Crippen LogP contribution in [0.3, 0.4) is 0 Å². The van der Waals surface area contributed by atoms with Gasteiger partial charge in [0.15, 0.2) is 0 Å². The van der Waals surface area contributed by atoms with Crippen LogP contribution in [0, 0.1) is 5.92 Å². The summed E-state index contributed by atoms with van der Waals surface area (Å²) in [6.07, 6.45) is 9.90. The lowest BCUT2D eigenvalue weighted by atomic mass is 9.83. The zero-order valence-corrected chi connectivity index (χ0v) is 18.9. The van der Waals surface area contributed by atoms with E-state index in [1.54, 1.807) is 16.7 Å². The van der Waals surface area contributed by atoms with Gasteiger partial charge in [0.1, 0.15) is 12.1 Å². The van der Waals surface area contributed by atoms with Gasteiger partial charge in [0, 0.05) is 23.2 Å². The molecule has 3 unspecified atom stereocenters. The molecule has 3 atom stereocenters. The molecule has 4 amide bonds. The number of benzene rings is 1. The van der Waals surface area contributed by atoms with Crippen molar-refractivity contribution in [3.05, 3.63) is 24.3 Å². The summed E-state index contributed by atoms with van der Waals surface area (Å²) in [5.74, 6) is 0.499. The molecular formula is C23H32N4O3S. The van der Waals surface area contributed by atoms with Crippen molar-refractivity contribution in [1.82, 2.24) is 15.5 Å². The molecule has 1 aromatic carbocycles. The first-order chi connectivity index (χ1) is 15.0. The number of hydrogen-bond donors (Lipinski definition) is 3. The van der Waals surface area contributed by atoms with Crippen molar-refractivity contribution >= 4 is 35.3 Å². The summed E-state index contributed by atoms with van der Waals surface area (Å²) in [5, 5.41) is 8.82. The topological polar surface area (TPSA) is 90.5 Å². The Labute approximate surface area is 188 Å². The number of anilines is 1. The molecule has 1 aliphatic carbocycles. The minimum atomic E-state index is -0.492. The normalized spacial score (nSPS) is 26.7. The first kappa shape index (κ1) is 22.0. The lowest BCUT2D eigenvalue weighted by molar-refractivity contribution is -0.152. The summed E-state index contributed by atoms with van der Waals surface area (Å²) in [5.41, 5.74) is 0.734. The Bertz CT molecular complexity index is 827. The number of thioether (sulfide) groups is 1. The quantitative estimate of drug-likeness (QED) is 0.608. The van der Waals surface area contributed by atoms with E-state index in [4.69, 9.17) is 0 Å². The number of nitrogens with one attached hydrogen (secondary N) is 3. The molecule has 2 aliphatic heterocycles. The maximum absolute atomic E-state index is 13.0. The van der Waals surface area contributed by atoms with E-state index in [0.717, 1.165) is 29.8 Å². The summed E-state index contributed by atoms with van der Waals surface area (Å²) in [4.78, 5) is 41.1. The molecule has 3 N–H and O–H groups in total. The fourth-order valence-electron chi connectivity index (χ4n) is 5.11. The molecule has 1 aromatic rings. The van der Waals surface area contributed by atoms with Gasteiger partial charge in [-0.25, -0.2) is 4.79 Å². The van der Waals surface area contributed by atoms with E-state index in [9.17, 15) is 14.4 Å². The Morgan fingerprint density at radius 2 is 2.00 bits per heavy atom. The average molecular weight is 445 g/mol. The zero-order chi connectivity index (χ0) is 21.8. The molecule has 3 fully saturated rings. The van der Waals surface area contributed by atoms with Crippen LogP contribution in [0.1, 0.15) is 51.4 Å². The predicted octanol–water partition coefficient (Wildman–Crippen LogP) is 3.36. The zero-order valence-electron chi connectivity index (χ0n) is 18.1. The summed E-state index contributed by atoms with van der Waals surface area (Å²) in [6.45, 7) is 0.505. The molecular weight excluding hydrogens is 412 g/mol. The molecule has 2 saturated heterocycles. The second-order valence-corrected chi connectivity index (χ2v) is 9.78. The van der Waals surface area contributed by atoms with Gasteiger partial charge in [0.05, 0.1) is 0 Å². The maximum atomic E-state index is 13.0. The smallest absolute Gasteiger partial charge is 0.319 e. The van der Waals surface area contributed by atoms with Gasteiger partial charge >= 0.3 is 6.03 Å². The van der Waals surface area contributed by atoms with E-state index >= 15 is 0 Å². The van der Waals surface area contributed by atoms with Crippen LogP contribution in [0.4, 0.5) is 10.5 Å². The summed E-state index contributed by atoms with van der Waals surface area (Å²) < 4.78 is 0. The van der Waals surface area contributed by atoms with Crippen molar-refractivity contribution in [2.24, 2.45) is 5.92 Å². The third-order valence-electron chi connectivity index (χ3n) is 6.76. The van der Waals surface area contributed by atoms with Gasteiger partial charge in [-0.2, -0.15) is 0 Å². The predicted molar refractivity (Wildman–Crippen MR) is 122 cm³/mol. The summed E-state index contributed by atoms with van der Waals surface area (Å²) >= 11 is 1.62. The number of fused-ring (bicyclic) bond motifs is 1. The van der Waals surface area contributed by atoms with Crippen LogP contribution in [-0.4, -0.2) is 53.7 Å². The standard InChI is InChI=1S/C23H32N4O3S/c1-31-18-9-5-8-16(13-18)24-23(30)25-17-10-11-27-20(14-17)21(28)26-19(22(27)29)12-15-6-3-2-4-7-15/h5,8-9,13,15,17,19-20H,2-4,6-7,10-12,14H2,1H3,(H,26,28)(H2,24,25,30). The van der Waals surface area contributed by atoms with Crippen molar-refractivity contribution in [3.63, 3.8) is 0 Å².